The van der Waals surface area contributed by atoms with Crippen molar-refractivity contribution >= 4 is 0 Å². The van der Waals surface area contributed by atoms with Crippen LogP contribution in [0.1, 0.15) is 61.1 Å². The van der Waals surface area contributed by atoms with Gasteiger partial charge in [0.05, 0.1) is 26.3 Å². The van der Waals surface area contributed by atoms with Crippen LogP contribution in [0.4, 0.5) is 0 Å². The number of rotatable bonds is 8. The highest BCUT2D eigenvalue weighted by atomic mass is 16.5. The number of piperazine rings is 1. The van der Waals surface area contributed by atoms with Gasteiger partial charge in [0.15, 0.2) is 17.3 Å². The monoisotopic (exact) mass is 476 g/mol. The standard InChI is InChI=1S/C27H36N6O2/c1-34-24-14-13-22(19-25(24)35-2)26(27-28-29-30-33(27)23-11-7-4-8-12-23)32-17-15-31(16-18-32)20-21-9-5-3-6-10-21/h3,5-6,9-10,13-14,19,23,26H,4,7-8,11-12,15-18,20H2,1-2H3/t26-/m0/s1. The summed E-state index contributed by atoms with van der Waals surface area (Å²) < 4.78 is 13.3. The lowest BCUT2D eigenvalue weighted by atomic mass is 9.95. The largest absolute Gasteiger partial charge is 0.493 e. The van der Waals surface area contributed by atoms with Crippen molar-refractivity contribution in [3.63, 3.8) is 0 Å². The van der Waals surface area contributed by atoms with E-state index < -0.39 is 0 Å². The van der Waals surface area contributed by atoms with Crippen LogP contribution in [-0.4, -0.2) is 70.4 Å². The van der Waals surface area contributed by atoms with Gasteiger partial charge in [0.25, 0.3) is 0 Å². The predicted molar refractivity (Wildman–Crippen MR) is 135 cm³/mol. The molecule has 0 N–H and O–H groups in total. The average molecular weight is 477 g/mol. The molecule has 0 amide bonds. The maximum Gasteiger partial charge on any atom is 0.173 e. The second-order valence-corrected chi connectivity index (χ2v) is 9.59. The first-order valence-electron chi connectivity index (χ1n) is 12.8. The van der Waals surface area contributed by atoms with Crippen LogP contribution in [0, 0.1) is 0 Å². The van der Waals surface area contributed by atoms with Gasteiger partial charge in [-0.15, -0.1) is 5.10 Å². The zero-order chi connectivity index (χ0) is 24.0. The Morgan fingerprint density at radius 3 is 2.34 bits per heavy atom. The quantitative estimate of drug-likeness (QED) is 0.485. The molecule has 0 bridgehead atoms. The molecule has 2 fully saturated rings. The van der Waals surface area contributed by atoms with Crippen molar-refractivity contribution < 1.29 is 9.47 Å². The van der Waals surface area contributed by atoms with Crippen LogP contribution in [0.25, 0.3) is 0 Å². The molecule has 8 nitrogen and oxygen atoms in total. The Labute approximate surface area is 207 Å². The van der Waals surface area contributed by atoms with Gasteiger partial charge >= 0.3 is 0 Å². The second kappa shape index (κ2) is 11.2. The van der Waals surface area contributed by atoms with Crippen LogP contribution >= 0.6 is 0 Å². The van der Waals surface area contributed by atoms with Crippen LogP contribution < -0.4 is 9.47 Å². The molecule has 2 aliphatic rings. The SMILES string of the molecule is COc1ccc([C@@H](c2nnnn2C2CCCCC2)N2CCN(Cc3ccccc3)CC2)cc1OC. The normalized spacial score (nSPS) is 18.9. The van der Waals surface area contributed by atoms with Crippen LogP contribution in [0.5, 0.6) is 11.5 Å². The smallest absolute Gasteiger partial charge is 0.173 e. The molecule has 186 valence electrons. The predicted octanol–water partition coefficient (Wildman–Crippen LogP) is 4.10. The van der Waals surface area contributed by atoms with E-state index in [-0.39, 0.29) is 6.04 Å². The summed E-state index contributed by atoms with van der Waals surface area (Å²) in [5.74, 6) is 2.39. The zero-order valence-corrected chi connectivity index (χ0v) is 20.8. The molecule has 8 heteroatoms. The Balaban J connectivity index is 1.42. The molecule has 1 saturated carbocycles. The number of benzene rings is 2. The lowest BCUT2D eigenvalue weighted by Gasteiger charge is -2.39. The Kier molecular flexibility index (Phi) is 7.59. The summed E-state index contributed by atoms with van der Waals surface area (Å²) in [6.07, 6.45) is 6.06. The first kappa shape index (κ1) is 23.8. The minimum absolute atomic E-state index is 0.0365. The topological polar surface area (TPSA) is 68.5 Å². The van der Waals surface area contributed by atoms with E-state index in [1.54, 1.807) is 14.2 Å². The van der Waals surface area contributed by atoms with Gasteiger partial charge in [0.1, 0.15) is 0 Å². The molecule has 1 aromatic heterocycles. The maximum atomic E-state index is 5.65. The molecule has 35 heavy (non-hydrogen) atoms. The molecule has 2 heterocycles. The summed E-state index contributed by atoms with van der Waals surface area (Å²) >= 11 is 0. The Bertz CT molecular complexity index is 1070. The van der Waals surface area contributed by atoms with Crippen LogP contribution in [0.2, 0.25) is 0 Å². The van der Waals surface area contributed by atoms with E-state index in [9.17, 15) is 0 Å². The summed E-state index contributed by atoms with van der Waals surface area (Å²) in [5, 5.41) is 13.2. The molecule has 3 aromatic rings. The number of tetrazole rings is 1. The Morgan fingerprint density at radius 2 is 1.63 bits per heavy atom. The van der Waals surface area contributed by atoms with Gasteiger partial charge in [-0.05, 0) is 46.5 Å². The summed E-state index contributed by atoms with van der Waals surface area (Å²) in [6, 6.07) is 17.2. The van der Waals surface area contributed by atoms with Gasteiger partial charge in [0, 0.05) is 32.7 Å². The second-order valence-electron chi connectivity index (χ2n) is 9.59. The highest BCUT2D eigenvalue weighted by Gasteiger charge is 2.33. The van der Waals surface area contributed by atoms with E-state index in [1.165, 1.54) is 24.8 Å². The van der Waals surface area contributed by atoms with Crippen molar-refractivity contribution in [1.29, 1.82) is 0 Å². The van der Waals surface area contributed by atoms with Crippen molar-refractivity contribution in [2.24, 2.45) is 0 Å². The molecule has 1 atom stereocenters. The van der Waals surface area contributed by atoms with Gasteiger partial charge in [-0.25, -0.2) is 4.68 Å². The first-order valence-corrected chi connectivity index (χ1v) is 12.8. The lowest BCUT2D eigenvalue weighted by molar-refractivity contribution is 0.0985. The van der Waals surface area contributed by atoms with Crippen molar-refractivity contribution in [3.05, 3.63) is 65.5 Å². The molecule has 2 aromatic carbocycles. The molecule has 0 spiro atoms. The Hall–Kier alpha value is -2.97. The molecule has 5 rings (SSSR count). The first-order chi connectivity index (χ1) is 17.3. The number of aromatic nitrogens is 4. The molecule has 0 unspecified atom stereocenters. The maximum absolute atomic E-state index is 5.65. The van der Waals surface area contributed by atoms with Crippen molar-refractivity contribution in [3.8, 4) is 11.5 Å². The van der Waals surface area contributed by atoms with Crippen LogP contribution in [-0.2, 0) is 6.54 Å². The molecule has 0 radical (unpaired) electrons. The van der Waals surface area contributed by atoms with Gasteiger partial charge in [0.2, 0.25) is 0 Å². The van der Waals surface area contributed by atoms with E-state index in [4.69, 9.17) is 9.47 Å². The van der Waals surface area contributed by atoms with Crippen molar-refractivity contribution in [2.75, 3.05) is 40.4 Å². The van der Waals surface area contributed by atoms with E-state index in [1.807, 2.05) is 6.07 Å². The summed E-state index contributed by atoms with van der Waals surface area (Å²) in [6.45, 7) is 4.88. The van der Waals surface area contributed by atoms with E-state index in [0.29, 0.717) is 6.04 Å². The number of hydrogen-bond acceptors (Lipinski definition) is 7. The highest BCUT2D eigenvalue weighted by Crippen LogP contribution is 2.37. The third-order valence-electron chi connectivity index (χ3n) is 7.43. The van der Waals surface area contributed by atoms with Gasteiger partial charge in [-0.2, -0.15) is 0 Å². The third-order valence-corrected chi connectivity index (χ3v) is 7.43. The number of ether oxygens (including phenoxy) is 2. The number of methoxy groups -OCH3 is 2. The summed E-state index contributed by atoms with van der Waals surface area (Å²) in [4.78, 5) is 5.05. The summed E-state index contributed by atoms with van der Waals surface area (Å²) in [7, 11) is 3.36. The average Bonchev–Trinajstić information content (AvgIpc) is 3.40. The zero-order valence-electron chi connectivity index (χ0n) is 20.8. The van der Waals surface area contributed by atoms with Crippen molar-refractivity contribution in [1.82, 2.24) is 30.0 Å². The van der Waals surface area contributed by atoms with E-state index in [0.717, 1.165) is 68.5 Å². The van der Waals surface area contributed by atoms with Gasteiger partial charge in [-0.1, -0.05) is 55.7 Å². The third kappa shape index (κ3) is 5.33. The lowest BCUT2D eigenvalue weighted by Crippen LogP contribution is -2.48. The fourth-order valence-electron chi connectivity index (χ4n) is 5.53. The van der Waals surface area contributed by atoms with Crippen molar-refractivity contribution in [2.45, 2.75) is 50.7 Å². The molecular formula is C27H36N6O2. The highest BCUT2D eigenvalue weighted by molar-refractivity contribution is 5.45. The molecule has 1 saturated heterocycles. The van der Waals surface area contributed by atoms with E-state index in [2.05, 4.69) is 72.5 Å². The van der Waals surface area contributed by atoms with Crippen LogP contribution in [0.3, 0.4) is 0 Å². The van der Waals surface area contributed by atoms with Crippen LogP contribution in [0.15, 0.2) is 48.5 Å². The van der Waals surface area contributed by atoms with Gasteiger partial charge < -0.3 is 9.47 Å². The van der Waals surface area contributed by atoms with Gasteiger partial charge in [-0.3, -0.25) is 9.80 Å². The fraction of sp³-hybridized carbons (Fsp3) is 0.519. The molecule has 1 aliphatic heterocycles. The molecule has 1 aliphatic carbocycles. The molecular weight excluding hydrogens is 440 g/mol. The minimum atomic E-state index is -0.0365. The minimum Gasteiger partial charge on any atom is -0.493 e. The Morgan fingerprint density at radius 1 is 0.886 bits per heavy atom. The van der Waals surface area contributed by atoms with E-state index >= 15 is 0 Å². The fourth-order valence-corrected chi connectivity index (χ4v) is 5.53. The number of hydrogen-bond donors (Lipinski definition) is 0. The number of nitrogens with zero attached hydrogens (tertiary/aromatic N) is 6. The summed E-state index contributed by atoms with van der Waals surface area (Å²) in [5.41, 5.74) is 2.49.